The van der Waals surface area contributed by atoms with Crippen molar-refractivity contribution in [3.63, 3.8) is 0 Å². The number of rotatable bonds is 5. The van der Waals surface area contributed by atoms with Gasteiger partial charge < -0.3 is 9.72 Å². The number of hydrazone groups is 1. The van der Waals surface area contributed by atoms with Gasteiger partial charge in [0.25, 0.3) is 5.91 Å². The number of imidazole rings is 1. The quantitative estimate of drug-likeness (QED) is 0.350. The van der Waals surface area contributed by atoms with E-state index in [-0.39, 0.29) is 11.5 Å². The molecule has 0 fully saturated rings. The third kappa shape index (κ3) is 5.17. The van der Waals surface area contributed by atoms with E-state index in [4.69, 9.17) is 4.74 Å². The number of nitrogens with one attached hydrogen (secondary N) is 2. The molecule has 0 unspecified atom stereocenters. The molecule has 0 saturated heterocycles. The van der Waals surface area contributed by atoms with Crippen molar-refractivity contribution in [2.24, 2.45) is 5.10 Å². The fourth-order valence-corrected chi connectivity index (χ4v) is 3.09. The Morgan fingerprint density at radius 1 is 1.03 bits per heavy atom. The number of ether oxygens (including phenoxy) is 1. The zero-order chi connectivity index (χ0) is 21.8. The molecule has 2 N–H and O–H groups in total. The van der Waals surface area contributed by atoms with Crippen LogP contribution in [-0.2, 0) is 0 Å². The molecule has 0 bridgehead atoms. The van der Waals surface area contributed by atoms with E-state index in [1.54, 1.807) is 18.3 Å². The Bertz CT molecular complexity index is 1220. The standard InChI is InChI=1S/C25H24N4O2/c1-25(2,3)31-20-12-9-17(10-13-20)16-26-29-24(30)19-11-14-21-22(15-19)28-23(27-21)18-7-5-4-6-8-18/h4-16H,1-3H3,(H,27,28)(H,29,30)/b26-16+. The molecule has 1 amide bonds. The average Bonchev–Trinajstić information content (AvgIpc) is 3.18. The van der Waals surface area contributed by atoms with Crippen LogP contribution >= 0.6 is 0 Å². The van der Waals surface area contributed by atoms with E-state index >= 15 is 0 Å². The molecule has 0 aliphatic rings. The molecule has 31 heavy (non-hydrogen) atoms. The first kappa shape index (κ1) is 20.3. The molecule has 0 aliphatic heterocycles. The first-order chi connectivity index (χ1) is 14.9. The fourth-order valence-electron chi connectivity index (χ4n) is 3.09. The smallest absolute Gasteiger partial charge is 0.271 e. The van der Waals surface area contributed by atoms with E-state index in [9.17, 15) is 4.79 Å². The molecule has 6 nitrogen and oxygen atoms in total. The van der Waals surface area contributed by atoms with Gasteiger partial charge in [0.15, 0.2) is 0 Å². The maximum absolute atomic E-state index is 12.5. The molecule has 3 aromatic carbocycles. The van der Waals surface area contributed by atoms with Crippen LogP contribution in [0.4, 0.5) is 0 Å². The monoisotopic (exact) mass is 412 g/mol. The van der Waals surface area contributed by atoms with Gasteiger partial charge in [-0.05, 0) is 68.8 Å². The minimum Gasteiger partial charge on any atom is -0.488 e. The van der Waals surface area contributed by atoms with Crippen LogP contribution in [0.15, 0.2) is 77.9 Å². The highest BCUT2D eigenvalue weighted by atomic mass is 16.5. The van der Waals surface area contributed by atoms with Crippen LogP contribution in [-0.4, -0.2) is 27.7 Å². The van der Waals surface area contributed by atoms with E-state index in [0.717, 1.165) is 33.7 Å². The molecule has 6 heteroatoms. The number of carbonyl (C=O) groups is 1. The lowest BCUT2D eigenvalue weighted by Gasteiger charge is -2.21. The first-order valence-corrected chi connectivity index (χ1v) is 10.1. The first-order valence-electron chi connectivity index (χ1n) is 10.1. The Hall–Kier alpha value is -3.93. The molecular weight excluding hydrogens is 388 g/mol. The second-order valence-corrected chi connectivity index (χ2v) is 8.17. The van der Waals surface area contributed by atoms with Gasteiger partial charge in [-0.15, -0.1) is 0 Å². The second kappa shape index (κ2) is 8.44. The van der Waals surface area contributed by atoms with E-state index < -0.39 is 0 Å². The van der Waals surface area contributed by atoms with Crippen LogP contribution in [0.2, 0.25) is 0 Å². The van der Waals surface area contributed by atoms with E-state index in [0.29, 0.717) is 5.56 Å². The molecule has 0 aliphatic carbocycles. The van der Waals surface area contributed by atoms with Crippen molar-refractivity contribution in [3.05, 3.63) is 83.9 Å². The molecule has 0 radical (unpaired) electrons. The Morgan fingerprint density at radius 2 is 1.77 bits per heavy atom. The molecule has 0 atom stereocenters. The summed E-state index contributed by atoms with van der Waals surface area (Å²) >= 11 is 0. The van der Waals surface area contributed by atoms with Crippen molar-refractivity contribution in [1.82, 2.24) is 15.4 Å². The Morgan fingerprint density at radius 3 is 2.48 bits per heavy atom. The molecule has 156 valence electrons. The normalized spacial score (nSPS) is 11.7. The third-order valence-corrected chi connectivity index (χ3v) is 4.48. The van der Waals surface area contributed by atoms with Crippen LogP contribution < -0.4 is 10.2 Å². The predicted octanol–water partition coefficient (Wildman–Crippen LogP) is 5.17. The van der Waals surface area contributed by atoms with Gasteiger partial charge in [-0.3, -0.25) is 4.79 Å². The number of amides is 1. The topological polar surface area (TPSA) is 79.4 Å². The van der Waals surface area contributed by atoms with Crippen molar-refractivity contribution in [2.45, 2.75) is 26.4 Å². The SMILES string of the molecule is CC(C)(C)Oc1ccc(/C=N/NC(=O)c2ccc3nc(-c4ccccc4)[nH]c3c2)cc1. The summed E-state index contributed by atoms with van der Waals surface area (Å²) in [4.78, 5) is 20.3. The number of aromatic amines is 1. The maximum Gasteiger partial charge on any atom is 0.271 e. The van der Waals surface area contributed by atoms with Crippen molar-refractivity contribution in [3.8, 4) is 17.1 Å². The highest BCUT2D eigenvalue weighted by Crippen LogP contribution is 2.21. The lowest BCUT2D eigenvalue weighted by Crippen LogP contribution is -2.22. The van der Waals surface area contributed by atoms with Gasteiger partial charge in [0.1, 0.15) is 17.2 Å². The van der Waals surface area contributed by atoms with Crippen molar-refractivity contribution in [1.29, 1.82) is 0 Å². The van der Waals surface area contributed by atoms with Gasteiger partial charge in [0.2, 0.25) is 0 Å². The van der Waals surface area contributed by atoms with Gasteiger partial charge in [-0.2, -0.15) is 5.10 Å². The summed E-state index contributed by atoms with van der Waals surface area (Å²) < 4.78 is 5.80. The molecule has 4 rings (SSSR count). The Balaban J connectivity index is 1.42. The lowest BCUT2D eigenvalue weighted by molar-refractivity contribution is 0.0955. The predicted molar refractivity (Wildman–Crippen MR) is 123 cm³/mol. The summed E-state index contributed by atoms with van der Waals surface area (Å²) in [5, 5.41) is 4.06. The van der Waals surface area contributed by atoms with E-state index in [1.807, 2.05) is 81.4 Å². The molecular formula is C25H24N4O2. The summed E-state index contributed by atoms with van der Waals surface area (Å²) in [5.74, 6) is 1.27. The van der Waals surface area contributed by atoms with Gasteiger partial charge in [-0.1, -0.05) is 30.3 Å². The average molecular weight is 412 g/mol. The minimum atomic E-state index is -0.290. The minimum absolute atomic E-state index is 0.249. The number of hydrogen-bond donors (Lipinski definition) is 2. The lowest BCUT2D eigenvalue weighted by atomic mass is 10.2. The number of aromatic nitrogens is 2. The highest BCUT2D eigenvalue weighted by Gasteiger charge is 2.11. The zero-order valence-corrected chi connectivity index (χ0v) is 17.7. The van der Waals surface area contributed by atoms with Crippen molar-refractivity contribution < 1.29 is 9.53 Å². The number of fused-ring (bicyclic) bond motifs is 1. The number of benzene rings is 3. The molecule has 4 aromatic rings. The molecule has 0 saturated carbocycles. The number of nitrogens with zero attached hydrogens (tertiary/aromatic N) is 2. The van der Waals surface area contributed by atoms with Gasteiger partial charge in [-0.25, -0.2) is 10.4 Å². The second-order valence-electron chi connectivity index (χ2n) is 8.17. The summed E-state index contributed by atoms with van der Waals surface area (Å²) in [6, 6.07) is 22.7. The summed E-state index contributed by atoms with van der Waals surface area (Å²) in [7, 11) is 0. The third-order valence-electron chi connectivity index (χ3n) is 4.48. The Kier molecular flexibility index (Phi) is 5.54. The summed E-state index contributed by atoms with van der Waals surface area (Å²) in [5.41, 5.74) is 6.27. The zero-order valence-electron chi connectivity index (χ0n) is 17.7. The van der Waals surface area contributed by atoms with Crippen LogP contribution in [0.25, 0.3) is 22.4 Å². The fraction of sp³-hybridized carbons (Fsp3) is 0.160. The van der Waals surface area contributed by atoms with E-state index in [2.05, 4.69) is 20.5 Å². The van der Waals surface area contributed by atoms with Crippen LogP contribution in [0.3, 0.4) is 0 Å². The largest absolute Gasteiger partial charge is 0.488 e. The summed E-state index contributed by atoms with van der Waals surface area (Å²) in [6.07, 6.45) is 1.60. The van der Waals surface area contributed by atoms with Gasteiger partial charge in [0, 0.05) is 11.1 Å². The van der Waals surface area contributed by atoms with Crippen LogP contribution in [0.5, 0.6) is 5.75 Å². The summed E-state index contributed by atoms with van der Waals surface area (Å²) in [6.45, 7) is 6.00. The molecule has 1 aromatic heterocycles. The Labute approximate surface area is 181 Å². The van der Waals surface area contributed by atoms with Crippen molar-refractivity contribution >= 4 is 23.2 Å². The molecule has 1 heterocycles. The number of carbonyl (C=O) groups excluding carboxylic acids is 1. The van der Waals surface area contributed by atoms with Crippen LogP contribution in [0.1, 0.15) is 36.7 Å². The number of H-pyrrole nitrogens is 1. The maximum atomic E-state index is 12.5. The van der Waals surface area contributed by atoms with Gasteiger partial charge in [0.05, 0.1) is 17.2 Å². The van der Waals surface area contributed by atoms with E-state index in [1.165, 1.54) is 0 Å². The van der Waals surface area contributed by atoms with Crippen molar-refractivity contribution in [2.75, 3.05) is 0 Å². The van der Waals surface area contributed by atoms with Gasteiger partial charge >= 0.3 is 0 Å². The van der Waals surface area contributed by atoms with Crippen LogP contribution in [0, 0.1) is 0 Å². The highest BCUT2D eigenvalue weighted by molar-refractivity contribution is 5.98. The molecule has 0 spiro atoms. The number of hydrogen-bond acceptors (Lipinski definition) is 4.